The summed E-state index contributed by atoms with van der Waals surface area (Å²) in [5, 5.41) is 0. The number of allylic oxidation sites excluding steroid dienone is 1. The molecule has 7 rings (SSSR count). The van der Waals surface area contributed by atoms with E-state index in [1.807, 2.05) is 0 Å². The zero-order chi connectivity index (χ0) is 24.5. The lowest BCUT2D eigenvalue weighted by molar-refractivity contribution is -0.107. The van der Waals surface area contributed by atoms with Crippen LogP contribution in [-0.4, -0.2) is 21.1 Å². The Hall–Kier alpha value is -0.0182. The first-order chi connectivity index (χ1) is 15.9. The van der Waals surface area contributed by atoms with Gasteiger partial charge in [-0.25, -0.2) is 0 Å². The van der Waals surface area contributed by atoms with E-state index < -0.39 is 8.32 Å². The molecule has 0 radical (unpaired) electrons. The maximum atomic E-state index is 6.75. The van der Waals surface area contributed by atoms with E-state index in [1.165, 1.54) is 64.1 Å². The molecule has 0 aliphatic heterocycles. The number of hydrogen-bond donors (Lipinski definition) is 0. The molecule has 0 aromatic heterocycles. The molecule has 0 N–H and O–H groups in total. The van der Waals surface area contributed by atoms with Crippen LogP contribution in [0.1, 0.15) is 99.3 Å². The molecule has 7 saturated carbocycles. The van der Waals surface area contributed by atoms with Gasteiger partial charge in [-0.3, -0.25) is 0 Å². The molecule has 0 amide bonds. The second-order valence-corrected chi connectivity index (χ2v) is 19.3. The van der Waals surface area contributed by atoms with Crippen molar-refractivity contribution in [2.24, 2.45) is 46.3 Å². The van der Waals surface area contributed by atoms with Crippen LogP contribution in [0.5, 0.6) is 0 Å². The summed E-state index contributed by atoms with van der Waals surface area (Å²) in [4.78, 5) is 0. The van der Waals surface area contributed by atoms with Crippen molar-refractivity contribution in [2.45, 2.75) is 136 Å². The number of fused-ring (bicyclic) bond motifs is 4. The van der Waals surface area contributed by atoms with Crippen molar-refractivity contribution < 1.29 is 4.43 Å². The van der Waals surface area contributed by atoms with Crippen LogP contribution in [0.25, 0.3) is 0 Å². The van der Waals surface area contributed by atoms with Gasteiger partial charge in [0.25, 0.3) is 0 Å². The molecule has 7 aliphatic rings. The monoisotopic (exact) mass is 482 g/mol. The summed E-state index contributed by atoms with van der Waals surface area (Å²) < 4.78 is 6.75. The van der Waals surface area contributed by atoms with E-state index >= 15 is 0 Å². The van der Waals surface area contributed by atoms with Gasteiger partial charge in [0, 0.05) is 6.10 Å². The molecular weight excluding hydrogens is 427 g/mol. The third-order valence-corrected chi connectivity index (χ3v) is 14.9. The van der Waals surface area contributed by atoms with Gasteiger partial charge in [0.1, 0.15) is 0 Å². The molecule has 0 spiro atoms. The molecule has 4 bridgehead atoms. The van der Waals surface area contributed by atoms with Gasteiger partial charge < -0.3 is 4.43 Å². The molecule has 1 nitrogen and oxygen atoms in total. The first-order valence-corrected chi connectivity index (χ1v) is 18.3. The van der Waals surface area contributed by atoms with Gasteiger partial charge >= 0.3 is 0 Å². The van der Waals surface area contributed by atoms with E-state index in [4.69, 9.17) is 4.43 Å². The zero-order valence-corrected chi connectivity index (χ0v) is 24.9. The largest absolute Gasteiger partial charge is 0.411 e. The highest BCUT2D eigenvalue weighted by molar-refractivity contribution is 6.76. The van der Waals surface area contributed by atoms with Gasteiger partial charge in [-0.15, -0.1) is 0 Å². The van der Waals surface area contributed by atoms with Crippen molar-refractivity contribution in [3.05, 3.63) is 11.8 Å². The minimum absolute atomic E-state index is 0.538. The minimum atomic E-state index is -1.73. The molecule has 0 saturated heterocycles. The fourth-order valence-electron chi connectivity index (χ4n) is 10.3. The average molecular weight is 483 g/mol. The van der Waals surface area contributed by atoms with Gasteiger partial charge in [0.05, 0.1) is 0 Å². The van der Waals surface area contributed by atoms with E-state index in [1.54, 1.807) is 0 Å². The van der Waals surface area contributed by atoms with E-state index in [2.05, 4.69) is 66.4 Å². The van der Waals surface area contributed by atoms with Crippen LogP contribution >= 0.6 is 0 Å². The molecule has 0 aromatic carbocycles. The van der Waals surface area contributed by atoms with Crippen molar-refractivity contribution in [1.82, 2.24) is 0 Å². The van der Waals surface area contributed by atoms with Gasteiger partial charge in [-0.2, -0.15) is 0 Å². The third kappa shape index (κ3) is 4.35. The van der Waals surface area contributed by atoms with Crippen LogP contribution in [0, 0.1) is 46.3 Å². The summed E-state index contributed by atoms with van der Waals surface area (Å²) in [6.45, 7) is 21.4. The molecular formula is C31H55BOSi. The molecule has 7 aliphatic carbocycles. The van der Waals surface area contributed by atoms with Crippen LogP contribution in [-0.2, 0) is 4.43 Å². The van der Waals surface area contributed by atoms with E-state index in [0.29, 0.717) is 16.9 Å². The summed E-state index contributed by atoms with van der Waals surface area (Å²) in [5.74, 6) is 7.59. The lowest BCUT2D eigenvalue weighted by atomic mass is 9.20. The van der Waals surface area contributed by atoms with E-state index in [9.17, 15) is 0 Å². The SMILES string of the molecule is C[C@@H]1[C@@H](B(C/C=C/[Si](C)(C)OC2CCCCC2)[C@H]2C[C@H]3C[C@@H]([C@@H]2C)C3(C)C)C[C@H]2C[C@@H]1C2(C)C. The Bertz CT molecular complexity index is 723. The van der Waals surface area contributed by atoms with Gasteiger partial charge in [-0.1, -0.05) is 103 Å². The lowest BCUT2D eigenvalue weighted by Gasteiger charge is -2.66. The number of rotatable bonds is 7. The van der Waals surface area contributed by atoms with Gasteiger partial charge in [0.2, 0.25) is 8.32 Å². The normalized spacial score (nSPS) is 43.3. The third-order valence-electron chi connectivity index (χ3n) is 12.9. The predicted octanol–water partition coefficient (Wildman–Crippen LogP) is 9.28. The molecule has 7 fully saturated rings. The standard InChI is InChI=1S/C31H55BOSi/c1-21-26-17-23(30(26,3)4)19-28(21)32(29-20-24-18-27(22(29)2)31(24,5)6)15-12-16-34(7,8)33-25-13-10-9-11-14-25/h12,16,21-29H,9-11,13-15,17-20H2,1-8H3/b16-12+/t21-,22-,23+,24+,26-,27-,28-,29-/m0/s1. The summed E-state index contributed by atoms with van der Waals surface area (Å²) in [6, 6.07) is 0. The van der Waals surface area contributed by atoms with Gasteiger partial charge in [-0.05, 0) is 85.1 Å². The Balaban J connectivity index is 1.31. The second kappa shape index (κ2) is 9.07. The summed E-state index contributed by atoms with van der Waals surface area (Å²) >= 11 is 0. The Morgan fingerprint density at radius 3 is 1.74 bits per heavy atom. The van der Waals surface area contributed by atoms with Crippen LogP contribution in [0.4, 0.5) is 0 Å². The molecule has 0 heterocycles. The first kappa shape index (κ1) is 25.6. The highest BCUT2D eigenvalue weighted by atomic mass is 28.4. The Kier molecular flexibility index (Phi) is 6.84. The molecule has 8 atom stereocenters. The van der Waals surface area contributed by atoms with Crippen LogP contribution in [0.2, 0.25) is 31.0 Å². The van der Waals surface area contributed by atoms with Gasteiger partial charge in [0.15, 0.2) is 6.71 Å². The smallest absolute Gasteiger partial charge is 0.211 e. The van der Waals surface area contributed by atoms with Crippen LogP contribution in [0.3, 0.4) is 0 Å². The highest BCUT2D eigenvalue weighted by Crippen LogP contribution is 2.69. The molecule has 34 heavy (non-hydrogen) atoms. The first-order valence-electron chi connectivity index (χ1n) is 15.3. The highest BCUT2D eigenvalue weighted by Gasteiger charge is 2.62. The molecule has 3 heteroatoms. The van der Waals surface area contributed by atoms with Crippen molar-refractivity contribution in [3.8, 4) is 0 Å². The van der Waals surface area contributed by atoms with Crippen molar-refractivity contribution >= 4 is 15.0 Å². The van der Waals surface area contributed by atoms with E-state index in [0.717, 1.165) is 53.9 Å². The maximum absolute atomic E-state index is 6.75. The topological polar surface area (TPSA) is 9.23 Å². The predicted molar refractivity (Wildman–Crippen MR) is 151 cm³/mol. The van der Waals surface area contributed by atoms with Crippen LogP contribution in [0.15, 0.2) is 11.8 Å². The van der Waals surface area contributed by atoms with Crippen molar-refractivity contribution in [2.75, 3.05) is 0 Å². The summed E-state index contributed by atoms with van der Waals surface area (Å²) in [5.41, 5.74) is 3.79. The molecule has 0 unspecified atom stereocenters. The summed E-state index contributed by atoms with van der Waals surface area (Å²) in [6.07, 6.45) is 17.3. The summed E-state index contributed by atoms with van der Waals surface area (Å²) in [7, 11) is -1.73. The van der Waals surface area contributed by atoms with Crippen molar-refractivity contribution in [1.29, 1.82) is 0 Å². The molecule has 0 aromatic rings. The van der Waals surface area contributed by atoms with E-state index in [-0.39, 0.29) is 0 Å². The average Bonchev–Trinajstić information content (AvgIpc) is 2.77. The van der Waals surface area contributed by atoms with Crippen LogP contribution < -0.4 is 0 Å². The second-order valence-electron chi connectivity index (χ2n) is 15.5. The Morgan fingerprint density at radius 2 is 1.29 bits per heavy atom. The minimum Gasteiger partial charge on any atom is -0.411 e. The fourth-order valence-corrected chi connectivity index (χ4v) is 12.2. The lowest BCUT2D eigenvalue weighted by Crippen LogP contribution is -2.59. The number of hydrogen-bond acceptors (Lipinski definition) is 1. The quantitative estimate of drug-likeness (QED) is 0.329. The Labute approximate surface area is 213 Å². The fraction of sp³-hybridized carbons (Fsp3) is 0.935. The van der Waals surface area contributed by atoms with Crippen molar-refractivity contribution in [3.63, 3.8) is 0 Å². The maximum Gasteiger partial charge on any atom is 0.211 e. The Morgan fingerprint density at radius 1 is 0.794 bits per heavy atom. The zero-order valence-electron chi connectivity index (χ0n) is 23.9. The molecule has 192 valence electrons.